The smallest absolute Gasteiger partial charge is 0.217 e. The number of carbonyl (C=O) groups is 1. The summed E-state index contributed by atoms with van der Waals surface area (Å²) in [6, 6.07) is 15.6. The standard InChI is InChI=1S/C16H14NO2/c17-15(11-18)10-12-6-8-14(9-7-12)16(19)13-4-2-1-3-5-13/h1-9,15H,10,17H2. The first-order valence-corrected chi connectivity index (χ1v) is 6.02. The first-order chi connectivity index (χ1) is 9.20. The Morgan fingerprint density at radius 3 is 2.16 bits per heavy atom. The molecule has 0 saturated heterocycles. The first-order valence-electron chi connectivity index (χ1n) is 6.02. The fourth-order valence-electron chi connectivity index (χ4n) is 1.84. The van der Waals surface area contributed by atoms with Crippen molar-refractivity contribution in [2.75, 3.05) is 0 Å². The molecule has 2 N–H and O–H groups in total. The van der Waals surface area contributed by atoms with E-state index in [1.807, 2.05) is 30.3 Å². The maximum absolute atomic E-state index is 12.1. The number of rotatable bonds is 5. The molecule has 2 aromatic rings. The van der Waals surface area contributed by atoms with Crippen molar-refractivity contribution in [3.05, 3.63) is 71.3 Å². The molecule has 0 aliphatic carbocycles. The monoisotopic (exact) mass is 252 g/mol. The zero-order chi connectivity index (χ0) is 13.7. The summed E-state index contributed by atoms with van der Waals surface area (Å²) in [5.74, 6) is -0.0154. The Balaban J connectivity index is 2.14. The molecule has 1 atom stereocenters. The Hall–Kier alpha value is -2.26. The van der Waals surface area contributed by atoms with Gasteiger partial charge in [0.05, 0.1) is 6.04 Å². The van der Waals surface area contributed by atoms with E-state index in [4.69, 9.17) is 5.73 Å². The van der Waals surface area contributed by atoms with Crippen molar-refractivity contribution < 1.29 is 9.59 Å². The molecule has 0 fully saturated rings. The molecule has 0 spiro atoms. The Kier molecular flexibility index (Phi) is 4.21. The highest BCUT2D eigenvalue weighted by Gasteiger charge is 2.09. The van der Waals surface area contributed by atoms with Gasteiger partial charge in [-0.2, -0.15) is 0 Å². The topological polar surface area (TPSA) is 60.2 Å². The van der Waals surface area contributed by atoms with E-state index in [9.17, 15) is 9.59 Å². The van der Waals surface area contributed by atoms with E-state index in [1.54, 1.807) is 30.6 Å². The van der Waals surface area contributed by atoms with E-state index in [0.29, 0.717) is 17.5 Å². The van der Waals surface area contributed by atoms with Crippen LogP contribution in [0.1, 0.15) is 21.5 Å². The molecule has 0 aliphatic heterocycles. The number of benzene rings is 2. The predicted molar refractivity (Wildman–Crippen MR) is 73.7 cm³/mol. The molecule has 2 rings (SSSR count). The number of ketones is 1. The van der Waals surface area contributed by atoms with Crippen LogP contribution in [0.15, 0.2) is 54.6 Å². The van der Waals surface area contributed by atoms with Crippen LogP contribution in [0.4, 0.5) is 0 Å². The molecular formula is C16H14NO2. The first kappa shape index (κ1) is 13.2. The summed E-state index contributed by atoms with van der Waals surface area (Å²) in [5.41, 5.74) is 7.70. The highest BCUT2D eigenvalue weighted by molar-refractivity contribution is 6.08. The van der Waals surface area contributed by atoms with Gasteiger partial charge in [-0.15, -0.1) is 0 Å². The van der Waals surface area contributed by atoms with Crippen LogP contribution in [-0.2, 0) is 11.2 Å². The second kappa shape index (κ2) is 6.07. The SMILES string of the molecule is NC([C]=O)Cc1ccc(C(=O)c2ccccc2)cc1. The zero-order valence-electron chi connectivity index (χ0n) is 10.4. The van der Waals surface area contributed by atoms with Crippen LogP contribution >= 0.6 is 0 Å². The van der Waals surface area contributed by atoms with Gasteiger partial charge in [-0.25, -0.2) is 0 Å². The predicted octanol–water partition coefficient (Wildman–Crippen LogP) is 1.90. The second-order valence-corrected chi connectivity index (χ2v) is 4.32. The van der Waals surface area contributed by atoms with Crippen molar-refractivity contribution in [2.24, 2.45) is 5.73 Å². The molecule has 1 radical (unpaired) electrons. The van der Waals surface area contributed by atoms with Crippen LogP contribution in [0.25, 0.3) is 0 Å². The molecule has 1 unspecified atom stereocenters. The maximum Gasteiger partial charge on any atom is 0.217 e. The lowest BCUT2D eigenvalue weighted by molar-refractivity contribution is 0.103. The van der Waals surface area contributed by atoms with Gasteiger partial charge in [0.25, 0.3) is 0 Å². The number of hydrogen-bond donors (Lipinski definition) is 1. The lowest BCUT2D eigenvalue weighted by atomic mass is 10.00. The van der Waals surface area contributed by atoms with Crippen molar-refractivity contribution >= 4 is 12.1 Å². The fraction of sp³-hybridized carbons (Fsp3) is 0.125. The van der Waals surface area contributed by atoms with E-state index in [1.165, 1.54) is 0 Å². The molecule has 0 amide bonds. The van der Waals surface area contributed by atoms with Crippen LogP contribution in [0.5, 0.6) is 0 Å². The van der Waals surface area contributed by atoms with Gasteiger partial charge in [0.1, 0.15) is 0 Å². The summed E-state index contributed by atoms with van der Waals surface area (Å²) in [4.78, 5) is 22.5. The van der Waals surface area contributed by atoms with Crippen LogP contribution < -0.4 is 5.73 Å². The fourth-order valence-corrected chi connectivity index (χ4v) is 1.84. The van der Waals surface area contributed by atoms with Crippen LogP contribution in [0, 0.1) is 0 Å². The third-order valence-corrected chi connectivity index (χ3v) is 2.86. The molecule has 0 bridgehead atoms. The molecule has 0 heterocycles. The van der Waals surface area contributed by atoms with E-state index in [-0.39, 0.29) is 5.78 Å². The molecule has 3 nitrogen and oxygen atoms in total. The quantitative estimate of drug-likeness (QED) is 0.827. The van der Waals surface area contributed by atoms with Gasteiger partial charge in [0, 0.05) is 11.1 Å². The van der Waals surface area contributed by atoms with Crippen LogP contribution in [-0.4, -0.2) is 18.1 Å². The second-order valence-electron chi connectivity index (χ2n) is 4.32. The maximum atomic E-state index is 12.1. The number of carbonyl (C=O) groups excluding carboxylic acids is 2. The van der Waals surface area contributed by atoms with Gasteiger partial charge in [-0.05, 0) is 12.0 Å². The third kappa shape index (κ3) is 3.36. The Morgan fingerprint density at radius 2 is 1.58 bits per heavy atom. The summed E-state index contributed by atoms with van der Waals surface area (Å²) in [7, 11) is 0. The van der Waals surface area contributed by atoms with Gasteiger partial charge < -0.3 is 5.73 Å². The molecule has 0 aliphatic rings. The van der Waals surface area contributed by atoms with E-state index >= 15 is 0 Å². The minimum atomic E-state index is -0.615. The van der Waals surface area contributed by atoms with E-state index in [2.05, 4.69) is 0 Å². The summed E-state index contributed by atoms with van der Waals surface area (Å²) in [6.45, 7) is 0. The molecule has 2 aromatic carbocycles. The number of nitrogens with two attached hydrogens (primary N) is 1. The van der Waals surface area contributed by atoms with Crippen molar-refractivity contribution in [1.29, 1.82) is 0 Å². The lowest BCUT2D eigenvalue weighted by Gasteiger charge is -2.05. The van der Waals surface area contributed by atoms with Crippen molar-refractivity contribution in [3.8, 4) is 0 Å². The molecular weight excluding hydrogens is 238 g/mol. The van der Waals surface area contributed by atoms with Gasteiger partial charge in [0.2, 0.25) is 6.29 Å². The van der Waals surface area contributed by atoms with E-state index < -0.39 is 6.04 Å². The summed E-state index contributed by atoms with van der Waals surface area (Å²) in [5, 5.41) is 0. The summed E-state index contributed by atoms with van der Waals surface area (Å²) >= 11 is 0. The Morgan fingerprint density at radius 1 is 1.00 bits per heavy atom. The van der Waals surface area contributed by atoms with Crippen molar-refractivity contribution in [1.82, 2.24) is 0 Å². The highest BCUT2D eigenvalue weighted by Crippen LogP contribution is 2.11. The van der Waals surface area contributed by atoms with Gasteiger partial charge in [-0.3, -0.25) is 9.59 Å². The van der Waals surface area contributed by atoms with Crippen molar-refractivity contribution in [3.63, 3.8) is 0 Å². The molecule has 0 saturated carbocycles. The van der Waals surface area contributed by atoms with Crippen molar-refractivity contribution in [2.45, 2.75) is 12.5 Å². The highest BCUT2D eigenvalue weighted by atomic mass is 16.1. The minimum Gasteiger partial charge on any atom is -0.321 e. The minimum absolute atomic E-state index is 0.0154. The largest absolute Gasteiger partial charge is 0.321 e. The average Bonchev–Trinajstić information content (AvgIpc) is 2.48. The Bertz CT molecular complexity index is 561. The van der Waals surface area contributed by atoms with E-state index in [0.717, 1.165) is 5.56 Å². The average molecular weight is 252 g/mol. The zero-order valence-corrected chi connectivity index (χ0v) is 10.4. The van der Waals surface area contributed by atoms with Gasteiger partial charge in [0.15, 0.2) is 5.78 Å². The van der Waals surface area contributed by atoms with Crippen LogP contribution in [0.2, 0.25) is 0 Å². The van der Waals surface area contributed by atoms with Gasteiger partial charge in [-0.1, -0.05) is 54.6 Å². The summed E-state index contributed by atoms with van der Waals surface area (Å²) < 4.78 is 0. The number of hydrogen-bond acceptors (Lipinski definition) is 3. The third-order valence-electron chi connectivity index (χ3n) is 2.86. The lowest BCUT2D eigenvalue weighted by Crippen LogP contribution is -2.23. The summed E-state index contributed by atoms with van der Waals surface area (Å²) in [6.07, 6.45) is 2.17. The molecule has 0 aromatic heterocycles. The molecule has 19 heavy (non-hydrogen) atoms. The molecule has 95 valence electrons. The van der Waals surface area contributed by atoms with Gasteiger partial charge >= 0.3 is 0 Å². The Labute approximate surface area is 112 Å². The molecule has 3 heteroatoms. The van der Waals surface area contributed by atoms with Crippen LogP contribution in [0.3, 0.4) is 0 Å². The normalized spacial score (nSPS) is 11.8.